The lowest BCUT2D eigenvalue weighted by atomic mass is 10.3. The Morgan fingerprint density at radius 1 is 1.21 bits per heavy atom. The third-order valence-electron chi connectivity index (χ3n) is 4.97. The summed E-state index contributed by atoms with van der Waals surface area (Å²) >= 11 is 12.0. The maximum atomic E-state index is 13.1. The summed E-state index contributed by atoms with van der Waals surface area (Å²) in [6.07, 6.45) is 4.75. The van der Waals surface area contributed by atoms with Crippen LogP contribution in [0.1, 0.15) is 31.9 Å². The highest BCUT2D eigenvalue weighted by Crippen LogP contribution is 2.29. The van der Waals surface area contributed by atoms with Gasteiger partial charge in [-0.15, -0.1) is 0 Å². The van der Waals surface area contributed by atoms with Crippen LogP contribution >= 0.6 is 23.2 Å². The first kappa shape index (κ1) is 21.5. The number of carbonyl (C=O) groups excluding carboxylic acids is 2. The molecule has 1 saturated carbocycles. The average Bonchev–Trinajstić information content (AvgIpc) is 3.44. The number of rotatable bonds is 8. The Balaban J connectivity index is 1.67. The van der Waals surface area contributed by atoms with Gasteiger partial charge in [0.25, 0.3) is 0 Å². The molecule has 29 heavy (non-hydrogen) atoms. The molecule has 0 saturated heterocycles. The Morgan fingerprint density at radius 3 is 2.55 bits per heavy atom. The molecular weight excluding hydrogens is 411 g/mol. The first-order chi connectivity index (χ1) is 13.9. The van der Waals surface area contributed by atoms with E-state index in [9.17, 15) is 9.59 Å². The molecular formula is C21H26Cl2N4O2. The number of hydrogen-bond acceptors (Lipinski definition) is 2. The van der Waals surface area contributed by atoms with E-state index in [1.165, 1.54) is 0 Å². The minimum atomic E-state index is -0.326. The van der Waals surface area contributed by atoms with E-state index in [0.29, 0.717) is 28.8 Å². The normalized spacial score (nSPS) is 13.2. The van der Waals surface area contributed by atoms with Crippen LogP contribution in [0.15, 0.2) is 36.5 Å². The third kappa shape index (κ3) is 5.67. The van der Waals surface area contributed by atoms with Crippen molar-refractivity contribution in [1.82, 2.24) is 14.4 Å². The van der Waals surface area contributed by atoms with Crippen LogP contribution in [0.5, 0.6) is 0 Å². The van der Waals surface area contributed by atoms with Crippen LogP contribution in [-0.4, -0.2) is 45.4 Å². The molecule has 0 atom stereocenters. The number of hydrogen-bond donors (Lipinski definition) is 1. The van der Waals surface area contributed by atoms with Gasteiger partial charge in [-0.25, -0.2) is 4.79 Å². The molecule has 1 aliphatic rings. The first-order valence-corrected chi connectivity index (χ1v) is 10.5. The Labute approximate surface area is 181 Å². The average molecular weight is 437 g/mol. The van der Waals surface area contributed by atoms with Gasteiger partial charge >= 0.3 is 6.03 Å². The fourth-order valence-electron chi connectivity index (χ4n) is 3.20. The van der Waals surface area contributed by atoms with Gasteiger partial charge in [0.05, 0.1) is 16.6 Å². The molecule has 1 fully saturated rings. The van der Waals surface area contributed by atoms with Gasteiger partial charge in [0.15, 0.2) is 0 Å². The lowest BCUT2D eigenvalue weighted by Gasteiger charge is -2.28. The van der Waals surface area contributed by atoms with Crippen LogP contribution in [0.3, 0.4) is 0 Å². The molecule has 1 aliphatic carbocycles. The lowest BCUT2D eigenvalue weighted by Crippen LogP contribution is -2.45. The Bertz CT molecular complexity index is 879. The number of aryl methyl sites for hydroxylation is 1. The van der Waals surface area contributed by atoms with Crippen molar-refractivity contribution >= 4 is 40.8 Å². The maximum Gasteiger partial charge on any atom is 0.322 e. The number of nitrogens with one attached hydrogen (secondary N) is 1. The van der Waals surface area contributed by atoms with Gasteiger partial charge in [-0.3, -0.25) is 4.79 Å². The second kappa shape index (κ2) is 9.55. The van der Waals surface area contributed by atoms with E-state index in [-0.39, 0.29) is 24.5 Å². The lowest BCUT2D eigenvalue weighted by molar-refractivity contribution is -0.133. The summed E-state index contributed by atoms with van der Waals surface area (Å²) in [6.45, 7) is 3.07. The van der Waals surface area contributed by atoms with Crippen LogP contribution < -0.4 is 5.32 Å². The molecule has 3 rings (SSSR count). The van der Waals surface area contributed by atoms with Gasteiger partial charge < -0.3 is 19.7 Å². The van der Waals surface area contributed by atoms with Crippen molar-refractivity contribution in [1.29, 1.82) is 0 Å². The SMILES string of the molecule is CCCN(CC(=O)N(Cc1cccn1C)C1CC1)C(=O)Nc1ccc(Cl)c(Cl)c1. The predicted molar refractivity (Wildman–Crippen MR) is 116 cm³/mol. The molecule has 0 aliphatic heterocycles. The number of anilines is 1. The Kier molecular flexibility index (Phi) is 7.09. The van der Waals surface area contributed by atoms with Crippen LogP contribution in [0.4, 0.5) is 10.5 Å². The summed E-state index contributed by atoms with van der Waals surface area (Å²) in [6, 6.07) is 8.84. The molecule has 8 heteroatoms. The van der Waals surface area contributed by atoms with Crippen molar-refractivity contribution in [2.24, 2.45) is 7.05 Å². The zero-order valence-electron chi connectivity index (χ0n) is 16.7. The topological polar surface area (TPSA) is 57.6 Å². The van der Waals surface area contributed by atoms with Crippen molar-refractivity contribution in [2.45, 2.75) is 38.8 Å². The van der Waals surface area contributed by atoms with E-state index in [2.05, 4.69) is 5.32 Å². The third-order valence-corrected chi connectivity index (χ3v) is 5.71. The molecule has 1 N–H and O–H groups in total. The van der Waals surface area contributed by atoms with Gasteiger partial charge in [0.2, 0.25) is 5.91 Å². The summed E-state index contributed by atoms with van der Waals surface area (Å²) in [5, 5.41) is 3.60. The highest BCUT2D eigenvalue weighted by Gasteiger charge is 2.34. The van der Waals surface area contributed by atoms with Crippen LogP contribution in [0, 0.1) is 0 Å². The van der Waals surface area contributed by atoms with Crippen molar-refractivity contribution in [3.05, 3.63) is 52.3 Å². The van der Waals surface area contributed by atoms with Gasteiger partial charge in [0.1, 0.15) is 6.54 Å². The van der Waals surface area contributed by atoms with Gasteiger partial charge in [0, 0.05) is 37.2 Å². The largest absolute Gasteiger partial charge is 0.353 e. The molecule has 1 aromatic heterocycles. The van der Waals surface area contributed by atoms with E-state index in [0.717, 1.165) is 25.0 Å². The number of urea groups is 1. The Morgan fingerprint density at radius 2 is 1.97 bits per heavy atom. The molecule has 0 radical (unpaired) electrons. The molecule has 6 nitrogen and oxygen atoms in total. The standard InChI is InChI=1S/C21H26Cl2N4O2/c1-3-10-26(21(29)24-15-6-9-18(22)19(23)12-15)14-20(28)27(16-7-8-16)13-17-5-4-11-25(17)2/h4-6,9,11-12,16H,3,7-8,10,13-14H2,1-2H3,(H,24,29). The van der Waals surface area contributed by atoms with Crippen molar-refractivity contribution in [2.75, 3.05) is 18.4 Å². The molecule has 0 bridgehead atoms. The van der Waals surface area contributed by atoms with Crippen LogP contribution in [0.25, 0.3) is 0 Å². The van der Waals surface area contributed by atoms with Gasteiger partial charge in [-0.2, -0.15) is 0 Å². The second-order valence-electron chi connectivity index (χ2n) is 7.34. The molecule has 2 aromatic rings. The number of carbonyl (C=O) groups is 2. The van der Waals surface area contributed by atoms with Crippen LogP contribution in [0.2, 0.25) is 10.0 Å². The fraction of sp³-hybridized carbons (Fsp3) is 0.429. The predicted octanol–water partition coefficient (Wildman–Crippen LogP) is 4.77. The zero-order chi connectivity index (χ0) is 21.0. The second-order valence-corrected chi connectivity index (χ2v) is 8.16. The zero-order valence-corrected chi connectivity index (χ0v) is 18.2. The van der Waals surface area contributed by atoms with E-state index >= 15 is 0 Å². The Hall–Kier alpha value is -2.18. The highest BCUT2D eigenvalue weighted by molar-refractivity contribution is 6.42. The van der Waals surface area contributed by atoms with E-state index < -0.39 is 0 Å². The van der Waals surface area contributed by atoms with E-state index in [1.807, 2.05) is 41.8 Å². The van der Waals surface area contributed by atoms with E-state index in [1.54, 1.807) is 23.1 Å². The molecule has 3 amide bonds. The summed E-state index contributed by atoms with van der Waals surface area (Å²) < 4.78 is 2.02. The van der Waals surface area contributed by atoms with Crippen molar-refractivity contribution in [3.8, 4) is 0 Å². The molecule has 1 aromatic carbocycles. The van der Waals surface area contributed by atoms with E-state index in [4.69, 9.17) is 23.2 Å². The number of benzene rings is 1. The summed E-state index contributed by atoms with van der Waals surface area (Å²) in [5.41, 5.74) is 1.62. The summed E-state index contributed by atoms with van der Waals surface area (Å²) in [5.74, 6) is -0.0357. The smallest absolute Gasteiger partial charge is 0.322 e. The van der Waals surface area contributed by atoms with Crippen molar-refractivity contribution in [3.63, 3.8) is 0 Å². The number of aromatic nitrogens is 1. The van der Waals surface area contributed by atoms with Gasteiger partial charge in [-0.05, 0) is 49.6 Å². The van der Waals surface area contributed by atoms with Crippen molar-refractivity contribution < 1.29 is 9.59 Å². The minimum Gasteiger partial charge on any atom is -0.353 e. The quantitative estimate of drug-likeness (QED) is 0.647. The summed E-state index contributed by atoms with van der Waals surface area (Å²) in [4.78, 5) is 29.3. The molecule has 156 valence electrons. The fourth-order valence-corrected chi connectivity index (χ4v) is 3.49. The maximum absolute atomic E-state index is 13.1. The monoisotopic (exact) mass is 436 g/mol. The molecule has 1 heterocycles. The molecule has 0 spiro atoms. The minimum absolute atomic E-state index is 0.0357. The molecule has 0 unspecified atom stereocenters. The first-order valence-electron chi connectivity index (χ1n) is 9.79. The highest BCUT2D eigenvalue weighted by atomic mass is 35.5. The number of halogens is 2. The number of nitrogens with zero attached hydrogens (tertiary/aromatic N) is 3. The van der Waals surface area contributed by atoms with Crippen LogP contribution in [-0.2, 0) is 18.4 Å². The number of amides is 3. The summed E-state index contributed by atoms with van der Waals surface area (Å²) in [7, 11) is 1.97. The van der Waals surface area contributed by atoms with Gasteiger partial charge in [-0.1, -0.05) is 30.1 Å².